The zero-order valence-corrected chi connectivity index (χ0v) is 11.4. The topological polar surface area (TPSA) is 47.8 Å². The minimum Gasteiger partial charge on any atom is -0.293 e. The first-order valence-corrected chi connectivity index (χ1v) is 6.37. The molecule has 2 rings (SSSR count). The van der Waals surface area contributed by atoms with Gasteiger partial charge in [-0.1, -0.05) is 11.6 Å². The van der Waals surface area contributed by atoms with Gasteiger partial charge in [-0.05, 0) is 13.8 Å². The number of ketones is 1. The molecule has 2 heterocycles. The predicted molar refractivity (Wildman–Crippen MR) is 67.8 cm³/mol. The molecule has 0 saturated heterocycles. The van der Waals surface area contributed by atoms with Crippen LogP contribution in [0.25, 0.3) is 0 Å². The van der Waals surface area contributed by atoms with Crippen LogP contribution in [-0.4, -0.2) is 20.5 Å². The molecule has 17 heavy (non-hydrogen) atoms. The average Bonchev–Trinajstić information content (AvgIpc) is 2.78. The first-order chi connectivity index (χ1) is 8.00. The van der Waals surface area contributed by atoms with Crippen LogP contribution in [0.3, 0.4) is 0 Å². The normalized spacial score (nSPS) is 10.8. The lowest BCUT2D eigenvalue weighted by Crippen LogP contribution is -2.08. The summed E-state index contributed by atoms with van der Waals surface area (Å²) in [6.07, 6.45) is 0.263. The second-order valence-electron chi connectivity index (χ2n) is 3.84. The Kier molecular flexibility index (Phi) is 3.31. The number of carbonyl (C=O) groups is 1. The Labute approximate surface area is 108 Å². The van der Waals surface area contributed by atoms with E-state index >= 15 is 0 Å². The first-order valence-electron chi connectivity index (χ1n) is 5.12. The highest BCUT2D eigenvalue weighted by Crippen LogP contribution is 2.22. The summed E-state index contributed by atoms with van der Waals surface area (Å²) in [5.74, 6) is 0.0369. The van der Waals surface area contributed by atoms with Crippen LogP contribution >= 0.6 is 22.9 Å². The van der Waals surface area contributed by atoms with Crippen molar-refractivity contribution in [3.05, 3.63) is 32.5 Å². The van der Waals surface area contributed by atoms with Gasteiger partial charge in [-0.15, -0.1) is 11.3 Å². The summed E-state index contributed by atoms with van der Waals surface area (Å²) in [6, 6.07) is 0. The van der Waals surface area contributed by atoms with E-state index in [0.717, 1.165) is 17.1 Å². The number of nitrogens with zero attached hydrogens (tertiary/aromatic N) is 3. The van der Waals surface area contributed by atoms with Crippen LogP contribution < -0.4 is 0 Å². The molecule has 0 atom stereocenters. The summed E-state index contributed by atoms with van der Waals surface area (Å²) in [4.78, 5) is 16.8. The van der Waals surface area contributed by atoms with E-state index in [1.807, 2.05) is 13.8 Å². The number of carbonyl (C=O) groups excluding carboxylic acids is 1. The highest BCUT2D eigenvalue weighted by molar-refractivity contribution is 7.11. The largest absolute Gasteiger partial charge is 0.293 e. The molecule has 0 aromatic carbocycles. The summed E-state index contributed by atoms with van der Waals surface area (Å²) in [6.45, 7) is 3.66. The molecule has 0 aliphatic heterocycles. The van der Waals surface area contributed by atoms with Gasteiger partial charge in [0.05, 0.1) is 38.9 Å². The molecule has 0 unspecified atom stereocenters. The van der Waals surface area contributed by atoms with Crippen LogP contribution in [0, 0.1) is 13.8 Å². The van der Waals surface area contributed by atoms with Crippen LogP contribution in [0.5, 0.6) is 0 Å². The minimum atomic E-state index is 0.0369. The number of aryl methyl sites for hydroxylation is 3. The van der Waals surface area contributed by atoms with Crippen molar-refractivity contribution in [1.82, 2.24) is 14.8 Å². The van der Waals surface area contributed by atoms with Crippen molar-refractivity contribution in [2.45, 2.75) is 20.3 Å². The molecule has 0 fully saturated rings. The van der Waals surface area contributed by atoms with Crippen molar-refractivity contribution in [3.63, 3.8) is 0 Å². The van der Waals surface area contributed by atoms with Crippen molar-refractivity contribution in [2.24, 2.45) is 7.05 Å². The molecule has 0 aliphatic rings. The number of rotatable bonds is 3. The fraction of sp³-hybridized carbons (Fsp3) is 0.364. The Morgan fingerprint density at radius 1 is 1.47 bits per heavy atom. The standard InChI is InChI=1S/C11H12ClN3OS/c1-6-10(12)8(15(3)14-6)4-9(16)11-7(2)13-5-17-11/h5H,4H2,1-3H3. The second-order valence-corrected chi connectivity index (χ2v) is 5.07. The summed E-state index contributed by atoms with van der Waals surface area (Å²) in [7, 11) is 1.79. The summed E-state index contributed by atoms with van der Waals surface area (Å²) in [5, 5.41) is 4.76. The highest BCUT2D eigenvalue weighted by atomic mass is 35.5. The van der Waals surface area contributed by atoms with Gasteiger partial charge >= 0.3 is 0 Å². The Hall–Kier alpha value is -1.20. The SMILES string of the molecule is Cc1ncsc1C(=O)Cc1c(Cl)c(C)nn1C. The Morgan fingerprint density at radius 3 is 2.65 bits per heavy atom. The molecule has 0 radical (unpaired) electrons. The maximum absolute atomic E-state index is 12.1. The third-order valence-corrected chi connectivity index (χ3v) is 4.05. The number of hydrogen-bond donors (Lipinski definition) is 0. The average molecular weight is 270 g/mol. The van der Waals surface area contributed by atoms with Crippen LogP contribution in [-0.2, 0) is 13.5 Å². The van der Waals surface area contributed by atoms with E-state index in [4.69, 9.17) is 11.6 Å². The minimum absolute atomic E-state index is 0.0369. The van der Waals surface area contributed by atoms with Gasteiger partial charge in [-0.3, -0.25) is 9.48 Å². The van der Waals surface area contributed by atoms with E-state index in [1.54, 1.807) is 17.2 Å². The fourth-order valence-corrected chi connectivity index (χ4v) is 2.64. The van der Waals surface area contributed by atoms with Crippen molar-refractivity contribution >= 4 is 28.7 Å². The van der Waals surface area contributed by atoms with Crippen molar-refractivity contribution in [3.8, 4) is 0 Å². The molecule has 0 amide bonds. The molecule has 4 nitrogen and oxygen atoms in total. The van der Waals surface area contributed by atoms with Gasteiger partial charge in [-0.25, -0.2) is 4.98 Å². The molecule has 2 aromatic heterocycles. The third-order valence-electron chi connectivity index (χ3n) is 2.59. The van der Waals surface area contributed by atoms with Gasteiger partial charge in [0.1, 0.15) is 0 Å². The summed E-state index contributed by atoms with van der Waals surface area (Å²) < 4.78 is 1.66. The van der Waals surface area contributed by atoms with Crippen molar-refractivity contribution < 1.29 is 4.79 Å². The van der Waals surface area contributed by atoms with Gasteiger partial charge in [-0.2, -0.15) is 5.10 Å². The quantitative estimate of drug-likeness (QED) is 0.805. The van der Waals surface area contributed by atoms with E-state index in [0.29, 0.717) is 9.90 Å². The fourth-order valence-electron chi connectivity index (χ4n) is 1.67. The van der Waals surface area contributed by atoms with Gasteiger partial charge in [0, 0.05) is 7.05 Å². The highest BCUT2D eigenvalue weighted by Gasteiger charge is 2.18. The molecule has 90 valence electrons. The van der Waals surface area contributed by atoms with Gasteiger partial charge in [0.2, 0.25) is 0 Å². The molecule has 0 aliphatic carbocycles. The number of Topliss-reactive ketones (excluding diaryl/α,β-unsaturated/α-hetero) is 1. The van der Waals surface area contributed by atoms with E-state index in [9.17, 15) is 4.79 Å². The zero-order chi connectivity index (χ0) is 12.6. The molecule has 6 heteroatoms. The number of thiazole rings is 1. The van der Waals surface area contributed by atoms with E-state index < -0.39 is 0 Å². The molecular formula is C11H12ClN3OS. The van der Waals surface area contributed by atoms with Crippen LogP contribution in [0.1, 0.15) is 26.8 Å². The molecule has 0 bridgehead atoms. The molecule has 0 N–H and O–H groups in total. The lowest BCUT2D eigenvalue weighted by Gasteiger charge is -2.01. The van der Waals surface area contributed by atoms with Gasteiger partial charge < -0.3 is 0 Å². The van der Waals surface area contributed by atoms with Crippen LogP contribution in [0.2, 0.25) is 5.02 Å². The number of halogens is 1. The Bertz CT molecular complexity index is 573. The van der Waals surface area contributed by atoms with Crippen LogP contribution in [0.15, 0.2) is 5.51 Å². The molecule has 0 spiro atoms. The van der Waals surface area contributed by atoms with E-state index in [2.05, 4.69) is 10.1 Å². The van der Waals surface area contributed by atoms with Gasteiger partial charge in [0.25, 0.3) is 0 Å². The Morgan fingerprint density at radius 2 is 2.18 bits per heavy atom. The smallest absolute Gasteiger partial charge is 0.180 e. The van der Waals surface area contributed by atoms with Gasteiger partial charge in [0.15, 0.2) is 5.78 Å². The zero-order valence-electron chi connectivity index (χ0n) is 9.82. The monoisotopic (exact) mass is 269 g/mol. The van der Waals surface area contributed by atoms with E-state index in [1.165, 1.54) is 11.3 Å². The molecule has 0 saturated carbocycles. The summed E-state index contributed by atoms with van der Waals surface area (Å²) in [5.41, 5.74) is 3.95. The third kappa shape index (κ3) is 2.25. The second kappa shape index (κ2) is 4.58. The summed E-state index contributed by atoms with van der Waals surface area (Å²) >= 11 is 7.47. The first kappa shape index (κ1) is 12.3. The number of aromatic nitrogens is 3. The molecular weight excluding hydrogens is 258 g/mol. The Balaban J connectivity index is 2.28. The predicted octanol–water partition coefficient (Wildman–Crippen LogP) is 2.57. The lowest BCUT2D eigenvalue weighted by molar-refractivity contribution is 0.0994. The van der Waals surface area contributed by atoms with E-state index in [-0.39, 0.29) is 12.2 Å². The maximum atomic E-state index is 12.1. The van der Waals surface area contributed by atoms with Crippen LogP contribution in [0.4, 0.5) is 0 Å². The van der Waals surface area contributed by atoms with Crippen molar-refractivity contribution in [2.75, 3.05) is 0 Å². The maximum Gasteiger partial charge on any atom is 0.180 e. The molecule has 2 aromatic rings. The lowest BCUT2D eigenvalue weighted by atomic mass is 10.1. The number of hydrogen-bond acceptors (Lipinski definition) is 4. The van der Waals surface area contributed by atoms with Crippen molar-refractivity contribution in [1.29, 1.82) is 0 Å².